The van der Waals surface area contributed by atoms with Gasteiger partial charge in [0.1, 0.15) is 17.0 Å². The van der Waals surface area contributed by atoms with Gasteiger partial charge in [-0.05, 0) is 55.9 Å². The van der Waals surface area contributed by atoms with Crippen molar-refractivity contribution in [2.45, 2.75) is 94.8 Å². The smallest absolute Gasteiger partial charge is 0.172 e. The molecule has 31 heavy (non-hydrogen) atoms. The molecule has 3 saturated carbocycles. The van der Waals surface area contributed by atoms with Crippen LogP contribution < -0.4 is 0 Å². The Morgan fingerprint density at radius 2 is 1.84 bits per heavy atom. The summed E-state index contributed by atoms with van der Waals surface area (Å²) in [6.07, 6.45) is 9.22. The highest BCUT2D eigenvalue weighted by molar-refractivity contribution is 5.44. The van der Waals surface area contributed by atoms with E-state index in [0.717, 1.165) is 58.2 Å². The van der Waals surface area contributed by atoms with Crippen LogP contribution in [0.1, 0.15) is 72.1 Å². The average Bonchev–Trinajstić information content (AvgIpc) is 3.35. The van der Waals surface area contributed by atoms with Crippen LogP contribution in [0.3, 0.4) is 0 Å². The minimum Gasteiger partial charge on any atom is -0.498 e. The van der Waals surface area contributed by atoms with E-state index in [-0.39, 0.29) is 16.6 Å². The summed E-state index contributed by atoms with van der Waals surface area (Å²) >= 11 is 0. The van der Waals surface area contributed by atoms with Gasteiger partial charge in [0, 0.05) is 23.7 Å². The van der Waals surface area contributed by atoms with Crippen LogP contribution in [0.4, 0.5) is 4.39 Å². The van der Waals surface area contributed by atoms with Crippen molar-refractivity contribution in [2.24, 2.45) is 22.7 Å². The van der Waals surface area contributed by atoms with Gasteiger partial charge >= 0.3 is 0 Å². The zero-order valence-electron chi connectivity index (χ0n) is 19.5. The van der Waals surface area contributed by atoms with Gasteiger partial charge in [0.05, 0.1) is 20.3 Å². The third kappa shape index (κ3) is 2.41. The largest absolute Gasteiger partial charge is 0.498 e. The molecule has 1 spiro atoms. The average molecular weight is 433 g/mol. The van der Waals surface area contributed by atoms with Gasteiger partial charge in [0.25, 0.3) is 0 Å². The minimum absolute atomic E-state index is 0.0728. The van der Waals surface area contributed by atoms with Gasteiger partial charge in [-0.2, -0.15) is 0 Å². The molecule has 0 bridgehead atoms. The summed E-state index contributed by atoms with van der Waals surface area (Å²) in [6, 6.07) is 0. The number of hydrogen-bond donors (Lipinski definition) is 0. The normalized spacial score (nSPS) is 51.1. The number of ether oxygens (including phenoxy) is 4. The highest BCUT2D eigenvalue weighted by Crippen LogP contribution is 2.74. The van der Waals surface area contributed by atoms with Crippen molar-refractivity contribution in [1.82, 2.24) is 0 Å². The van der Waals surface area contributed by atoms with E-state index in [2.05, 4.69) is 33.4 Å². The Kier molecular flexibility index (Phi) is 3.97. The second-order valence-corrected chi connectivity index (χ2v) is 12.3. The van der Waals surface area contributed by atoms with Crippen LogP contribution in [0.25, 0.3) is 0 Å². The lowest BCUT2D eigenvalue weighted by atomic mass is 9.53. The van der Waals surface area contributed by atoms with E-state index >= 15 is 4.39 Å². The van der Waals surface area contributed by atoms with Gasteiger partial charge in [-0.3, -0.25) is 0 Å². The van der Waals surface area contributed by atoms with Gasteiger partial charge in [0.2, 0.25) is 0 Å². The maximum absolute atomic E-state index is 16.2. The molecule has 0 N–H and O–H groups in total. The van der Waals surface area contributed by atoms with E-state index in [1.807, 2.05) is 0 Å². The molecular formula is C26H37FO4. The van der Waals surface area contributed by atoms with Crippen molar-refractivity contribution in [3.63, 3.8) is 0 Å². The lowest BCUT2D eigenvalue weighted by molar-refractivity contribution is -0.313. The molecule has 2 heterocycles. The van der Waals surface area contributed by atoms with Crippen LogP contribution >= 0.6 is 0 Å². The molecule has 0 aromatic rings. The first-order valence-electron chi connectivity index (χ1n) is 12.2. The molecule has 4 nitrogen and oxygen atoms in total. The highest BCUT2D eigenvalue weighted by Gasteiger charge is 2.80. The minimum atomic E-state index is -1.45. The Morgan fingerprint density at radius 1 is 1.10 bits per heavy atom. The predicted octanol–water partition coefficient (Wildman–Crippen LogP) is 5.47. The molecule has 6 aliphatic rings. The zero-order valence-corrected chi connectivity index (χ0v) is 19.5. The second-order valence-electron chi connectivity index (χ2n) is 12.3. The molecule has 5 fully saturated rings. The molecule has 0 amide bonds. The van der Waals surface area contributed by atoms with E-state index in [4.69, 9.17) is 18.9 Å². The Labute approximate surface area is 185 Å². The third-order valence-corrected chi connectivity index (χ3v) is 10.1. The summed E-state index contributed by atoms with van der Waals surface area (Å²) in [4.78, 5) is 0. The van der Waals surface area contributed by atoms with Crippen molar-refractivity contribution < 1.29 is 23.3 Å². The number of fused-ring (bicyclic) bond motifs is 3. The van der Waals surface area contributed by atoms with Crippen LogP contribution in [-0.2, 0) is 18.9 Å². The lowest BCUT2D eigenvalue weighted by Crippen LogP contribution is -2.57. The van der Waals surface area contributed by atoms with Crippen molar-refractivity contribution >= 4 is 0 Å². The molecule has 2 aliphatic heterocycles. The quantitative estimate of drug-likeness (QED) is 0.329. The monoisotopic (exact) mass is 432 g/mol. The summed E-state index contributed by atoms with van der Waals surface area (Å²) in [5, 5.41) is 0. The van der Waals surface area contributed by atoms with E-state index in [0.29, 0.717) is 24.0 Å². The summed E-state index contributed by atoms with van der Waals surface area (Å²) < 4.78 is 40.9. The number of hydrogen-bond acceptors (Lipinski definition) is 4. The molecule has 6 atom stereocenters. The van der Waals surface area contributed by atoms with Crippen molar-refractivity contribution in [3.05, 3.63) is 24.0 Å². The molecule has 4 aliphatic carbocycles. The predicted molar refractivity (Wildman–Crippen MR) is 115 cm³/mol. The maximum atomic E-state index is 16.2. The molecule has 0 aromatic heterocycles. The fraction of sp³-hybridized carbons (Fsp3) is 0.846. The number of alkyl halides is 1. The first-order chi connectivity index (χ1) is 14.5. The first kappa shape index (κ1) is 20.7. The number of allylic oxidation sites excluding steroid dienone is 2. The van der Waals surface area contributed by atoms with Crippen LogP contribution in [-0.4, -0.2) is 43.0 Å². The molecule has 172 valence electrons. The summed E-state index contributed by atoms with van der Waals surface area (Å²) in [5.74, 6) is 0.538. The van der Waals surface area contributed by atoms with Crippen LogP contribution in [0.5, 0.6) is 0 Å². The Bertz CT molecular complexity index is 855. The second kappa shape index (κ2) is 5.95. The van der Waals surface area contributed by atoms with E-state index in [9.17, 15) is 0 Å². The Hall–Kier alpha value is -0.910. The topological polar surface area (TPSA) is 40.2 Å². The van der Waals surface area contributed by atoms with E-state index in [1.54, 1.807) is 7.11 Å². The highest BCUT2D eigenvalue weighted by atomic mass is 19.1. The lowest BCUT2D eigenvalue weighted by Gasteiger charge is -2.53. The van der Waals surface area contributed by atoms with Crippen molar-refractivity contribution in [2.75, 3.05) is 20.3 Å². The number of methoxy groups -OCH3 is 1. The third-order valence-electron chi connectivity index (χ3n) is 10.1. The number of rotatable bonds is 2. The van der Waals surface area contributed by atoms with Gasteiger partial charge in [0.15, 0.2) is 11.5 Å². The molecule has 2 saturated heterocycles. The maximum Gasteiger partial charge on any atom is 0.172 e. The van der Waals surface area contributed by atoms with Crippen molar-refractivity contribution in [3.8, 4) is 0 Å². The molecule has 5 heteroatoms. The fourth-order valence-electron chi connectivity index (χ4n) is 8.18. The summed E-state index contributed by atoms with van der Waals surface area (Å²) in [6.45, 7) is 11.9. The van der Waals surface area contributed by atoms with Gasteiger partial charge < -0.3 is 18.9 Å². The standard InChI is InChI=1S/C26H37FO4/c1-17(28-5)25(27)11-8-19-18-6-10-23-14-24(29-15-21(2,3)16-30-24)12-13-26(23,31-23)20(18)7-9-22(19,25)4/h7,18-19H,1,6,8-16H2,2-5H3/t18-,19-,22-,23+,25-,26+/m0/s1. The summed E-state index contributed by atoms with van der Waals surface area (Å²) in [5.41, 5.74) is -0.676. The van der Waals surface area contributed by atoms with Crippen LogP contribution in [0.15, 0.2) is 24.0 Å². The van der Waals surface area contributed by atoms with Gasteiger partial charge in [-0.15, -0.1) is 0 Å². The van der Waals surface area contributed by atoms with E-state index < -0.39 is 16.9 Å². The SMILES string of the molecule is C=C(OC)[C@@]1(F)CC[C@H]2[C@@H]3CC[C@@]45CC6(CC[C@@]4(O5)C3=CC[C@@]21C)OCC(C)(C)CO6. The van der Waals surface area contributed by atoms with Gasteiger partial charge in [-0.25, -0.2) is 4.39 Å². The van der Waals surface area contributed by atoms with Gasteiger partial charge in [-0.1, -0.05) is 33.4 Å². The molecular weight excluding hydrogens is 395 g/mol. The zero-order chi connectivity index (χ0) is 21.9. The molecule has 6 rings (SSSR count). The number of halogens is 1. The first-order valence-corrected chi connectivity index (χ1v) is 12.2. The molecule has 0 radical (unpaired) electrons. The Balaban J connectivity index is 1.28. The number of epoxide rings is 1. The van der Waals surface area contributed by atoms with Crippen LogP contribution in [0, 0.1) is 22.7 Å². The van der Waals surface area contributed by atoms with Crippen molar-refractivity contribution in [1.29, 1.82) is 0 Å². The Morgan fingerprint density at radius 3 is 2.55 bits per heavy atom. The fourth-order valence-corrected chi connectivity index (χ4v) is 8.18. The summed E-state index contributed by atoms with van der Waals surface area (Å²) in [7, 11) is 1.55. The van der Waals surface area contributed by atoms with E-state index in [1.165, 1.54) is 5.57 Å². The van der Waals surface area contributed by atoms with Crippen LogP contribution in [0.2, 0.25) is 0 Å². The molecule has 0 unspecified atom stereocenters. The molecule has 0 aromatic carbocycles.